The second kappa shape index (κ2) is 13.2. The van der Waals surface area contributed by atoms with Crippen LogP contribution in [0.2, 0.25) is 0 Å². The zero-order valence-corrected chi connectivity index (χ0v) is 33.2. The molecule has 2 heteroatoms. The fourth-order valence-electron chi connectivity index (χ4n) is 9.12. The molecule has 0 saturated carbocycles. The molecule has 1 aromatic heterocycles. The molecule has 1 aliphatic rings. The number of nitrogens with zero attached hydrogens (tertiary/aromatic N) is 1. The minimum absolute atomic E-state index is 0.0658. The summed E-state index contributed by atoms with van der Waals surface area (Å²) in [4.78, 5) is 2.46. The van der Waals surface area contributed by atoms with Gasteiger partial charge in [-0.05, 0) is 91.9 Å². The van der Waals surface area contributed by atoms with Gasteiger partial charge >= 0.3 is 0 Å². The van der Waals surface area contributed by atoms with Crippen LogP contribution >= 0.6 is 0 Å². The van der Waals surface area contributed by atoms with E-state index in [1.807, 2.05) is 12.1 Å². The third-order valence-corrected chi connectivity index (χ3v) is 12.1. The molecular formula is C55H45NO. The third kappa shape index (κ3) is 5.70. The Hall–Kier alpha value is -6.64. The molecule has 0 N–H and O–H groups in total. The summed E-state index contributed by atoms with van der Waals surface area (Å²) in [6, 6.07) is 66.3. The standard InChI is InChI=1S/C55H45NO/c1-54(2,3)38-31-34-44-47(35-38)55(4,5)46-24-15-23-43(52(44)46)42-20-10-13-26-49(42)56(48-25-12-9-19-40(48)36-17-7-6-8-18-36)39-32-29-37(30-33-39)41-22-16-28-51-53(41)45-21-11-14-27-50(45)57-51/h6-35H,1-5H3. The van der Waals surface area contributed by atoms with Crippen molar-refractivity contribution >= 4 is 39.0 Å². The van der Waals surface area contributed by atoms with Crippen molar-refractivity contribution in [3.8, 4) is 44.5 Å². The molecule has 57 heavy (non-hydrogen) atoms. The molecule has 276 valence electrons. The summed E-state index contributed by atoms with van der Waals surface area (Å²) in [7, 11) is 0. The van der Waals surface area contributed by atoms with E-state index < -0.39 is 0 Å². The van der Waals surface area contributed by atoms with Crippen LogP contribution in [-0.2, 0) is 10.8 Å². The van der Waals surface area contributed by atoms with Gasteiger partial charge in [-0.2, -0.15) is 0 Å². The number of benzene rings is 8. The van der Waals surface area contributed by atoms with Crippen molar-refractivity contribution in [3.05, 3.63) is 199 Å². The second-order valence-corrected chi connectivity index (χ2v) is 16.9. The van der Waals surface area contributed by atoms with Crippen molar-refractivity contribution in [2.75, 3.05) is 4.90 Å². The van der Waals surface area contributed by atoms with E-state index in [0.717, 1.165) is 50.1 Å². The van der Waals surface area contributed by atoms with E-state index in [2.05, 4.69) is 209 Å². The molecule has 0 unspecified atom stereocenters. The number of rotatable bonds is 6. The van der Waals surface area contributed by atoms with E-state index in [9.17, 15) is 0 Å². The van der Waals surface area contributed by atoms with Gasteiger partial charge in [0.1, 0.15) is 11.2 Å². The van der Waals surface area contributed by atoms with Gasteiger partial charge in [-0.25, -0.2) is 0 Å². The highest BCUT2D eigenvalue weighted by Gasteiger charge is 2.38. The van der Waals surface area contributed by atoms with E-state index in [4.69, 9.17) is 4.42 Å². The maximum Gasteiger partial charge on any atom is 0.136 e. The Balaban J connectivity index is 1.18. The van der Waals surface area contributed by atoms with Gasteiger partial charge in [0.05, 0.1) is 11.4 Å². The maximum absolute atomic E-state index is 6.28. The summed E-state index contributed by atoms with van der Waals surface area (Å²) in [5, 5.41) is 2.28. The van der Waals surface area contributed by atoms with Crippen molar-refractivity contribution in [1.29, 1.82) is 0 Å². The molecule has 9 aromatic rings. The van der Waals surface area contributed by atoms with E-state index in [1.54, 1.807) is 0 Å². The lowest BCUT2D eigenvalue weighted by atomic mass is 9.79. The van der Waals surface area contributed by atoms with Gasteiger partial charge in [0, 0.05) is 33.0 Å². The van der Waals surface area contributed by atoms with Crippen molar-refractivity contribution in [3.63, 3.8) is 0 Å². The molecule has 0 saturated heterocycles. The Labute approximate surface area is 335 Å². The summed E-state index contributed by atoms with van der Waals surface area (Å²) in [6.07, 6.45) is 0. The average Bonchev–Trinajstić information content (AvgIpc) is 3.73. The Kier molecular flexibility index (Phi) is 8.09. The van der Waals surface area contributed by atoms with Gasteiger partial charge in [0.15, 0.2) is 0 Å². The SMILES string of the molecule is CC(C)(C)c1ccc2c(c1)C(C)(C)c1cccc(-c3ccccc3N(c3ccc(-c4cccc5oc6ccccc6c45)cc3)c3ccccc3-c3ccccc3)c1-2. The first-order chi connectivity index (χ1) is 27.7. The van der Waals surface area contributed by atoms with Crippen LogP contribution in [0.5, 0.6) is 0 Å². The quantitative estimate of drug-likeness (QED) is 0.169. The van der Waals surface area contributed by atoms with Crippen molar-refractivity contribution in [2.24, 2.45) is 0 Å². The predicted octanol–water partition coefficient (Wildman–Crippen LogP) is 15.7. The Bertz CT molecular complexity index is 2960. The smallest absolute Gasteiger partial charge is 0.136 e. The summed E-state index contributed by atoms with van der Waals surface area (Å²) in [5.41, 5.74) is 19.0. The highest BCUT2D eigenvalue weighted by molar-refractivity contribution is 6.12. The zero-order valence-electron chi connectivity index (χ0n) is 33.2. The van der Waals surface area contributed by atoms with E-state index >= 15 is 0 Å². The molecule has 0 spiro atoms. The monoisotopic (exact) mass is 735 g/mol. The molecule has 2 nitrogen and oxygen atoms in total. The first-order valence-electron chi connectivity index (χ1n) is 20.0. The van der Waals surface area contributed by atoms with Crippen LogP contribution in [-0.4, -0.2) is 0 Å². The fourth-order valence-corrected chi connectivity index (χ4v) is 9.12. The molecule has 8 aromatic carbocycles. The number of hydrogen-bond acceptors (Lipinski definition) is 2. The molecule has 0 radical (unpaired) electrons. The van der Waals surface area contributed by atoms with E-state index in [1.165, 1.54) is 50.1 Å². The predicted molar refractivity (Wildman–Crippen MR) is 241 cm³/mol. The normalized spacial score (nSPS) is 13.1. The van der Waals surface area contributed by atoms with Crippen molar-refractivity contribution in [2.45, 2.75) is 45.4 Å². The van der Waals surface area contributed by atoms with Crippen LogP contribution in [0.25, 0.3) is 66.4 Å². The number of furan rings is 1. The minimum Gasteiger partial charge on any atom is -0.456 e. The maximum atomic E-state index is 6.28. The fraction of sp³-hybridized carbons (Fsp3) is 0.127. The highest BCUT2D eigenvalue weighted by Crippen LogP contribution is 2.55. The van der Waals surface area contributed by atoms with Crippen LogP contribution in [0.3, 0.4) is 0 Å². The number of fused-ring (bicyclic) bond motifs is 6. The van der Waals surface area contributed by atoms with Gasteiger partial charge < -0.3 is 9.32 Å². The van der Waals surface area contributed by atoms with Crippen molar-refractivity contribution in [1.82, 2.24) is 0 Å². The highest BCUT2D eigenvalue weighted by atomic mass is 16.3. The molecule has 0 atom stereocenters. The van der Waals surface area contributed by atoms with Gasteiger partial charge in [-0.15, -0.1) is 0 Å². The number of para-hydroxylation sites is 3. The van der Waals surface area contributed by atoms with Gasteiger partial charge in [0.25, 0.3) is 0 Å². The number of anilines is 3. The largest absolute Gasteiger partial charge is 0.456 e. The summed E-state index contributed by atoms with van der Waals surface area (Å²) >= 11 is 0. The molecule has 0 amide bonds. The topological polar surface area (TPSA) is 16.4 Å². The van der Waals surface area contributed by atoms with Crippen LogP contribution in [0.4, 0.5) is 17.1 Å². The van der Waals surface area contributed by atoms with E-state index in [-0.39, 0.29) is 10.8 Å². The lowest BCUT2D eigenvalue weighted by Crippen LogP contribution is -2.17. The van der Waals surface area contributed by atoms with Gasteiger partial charge in [0.2, 0.25) is 0 Å². The van der Waals surface area contributed by atoms with Crippen LogP contribution in [0, 0.1) is 0 Å². The average molecular weight is 736 g/mol. The Morgan fingerprint density at radius 3 is 1.82 bits per heavy atom. The molecule has 0 aliphatic heterocycles. The zero-order chi connectivity index (χ0) is 38.9. The van der Waals surface area contributed by atoms with Crippen LogP contribution in [0.15, 0.2) is 186 Å². The Morgan fingerprint density at radius 2 is 1.05 bits per heavy atom. The second-order valence-electron chi connectivity index (χ2n) is 16.9. The summed E-state index contributed by atoms with van der Waals surface area (Å²) < 4.78 is 6.28. The van der Waals surface area contributed by atoms with Crippen LogP contribution < -0.4 is 4.90 Å². The lowest BCUT2D eigenvalue weighted by Gasteiger charge is -2.30. The minimum atomic E-state index is -0.129. The first kappa shape index (κ1) is 34.8. The molecule has 1 aliphatic carbocycles. The molecular weight excluding hydrogens is 691 g/mol. The van der Waals surface area contributed by atoms with Crippen molar-refractivity contribution < 1.29 is 4.42 Å². The van der Waals surface area contributed by atoms with Gasteiger partial charge in [-0.1, -0.05) is 180 Å². The summed E-state index contributed by atoms with van der Waals surface area (Å²) in [5.74, 6) is 0. The Morgan fingerprint density at radius 1 is 0.456 bits per heavy atom. The molecule has 0 bridgehead atoms. The third-order valence-electron chi connectivity index (χ3n) is 12.1. The molecule has 10 rings (SSSR count). The summed E-state index contributed by atoms with van der Waals surface area (Å²) in [6.45, 7) is 11.7. The van der Waals surface area contributed by atoms with Gasteiger partial charge in [-0.3, -0.25) is 0 Å². The van der Waals surface area contributed by atoms with Crippen LogP contribution in [0.1, 0.15) is 51.3 Å². The first-order valence-corrected chi connectivity index (χ1v) is 20.0. The number of hydrogen-bond donors (Lipinski definition) is 0. The lowest BCUT2D eigenvalue weighted by molar-refractivity contribution is 0.584. The molecule has 0 fully saturated rings. The molecule has 1 heterocycles. The van der Waals surface area contributed by atoms with E-state index in [0.29, 0.717) is 0 Å².